The normalized spacial score (nSPS) is 10.1. The number of halogens is 1. The summed E-state index contributed by atoms with van der Waals surface area (Å²) in [7, 11) is 1.68. The van der Waals surface area contributed by atoms with Crippen molar-refractivity contribution in [2.75, 3.05) is 20.2 Å². The van der Waals surface area contributed by atoms with Gasteiger partial charge < -0.3 is 15.4 Å². The first kappa shape index (κ1) is 13.4. The van der Waals surface area contributed by atoms with Gasteiger partial charge in [0.15, 0.2) is 6.61 Å². The number of carbonyl (C=O) groups is 1. The van der Waals surface area contributed by atoms with Crippen molar-refractivity contribution in [1.29, 1.82) is 0 Å². The monoisotopic (exact) mass is 240 g/mol. The van der Waals surface area contributed by atoms with Crippen molar-refractivity contribution in [3.05, 3.63) is 29.6 Å². The fourth-order valence-corrected chi connectivity index (χ4v) is 1.21. The van der Waals surface area contributed by atoms with E-state index in [2.05, 4.69) is 0 Å². The molecular weight excluding hydrogens is 223 g/mol. The van der Waals surface area contributed by atoms with Crippen molar-refractivity contribution in [3.63, 3.8) is 0 Å². The first-order valence-corrected chi connectivity index (χ1v) is 5.43. The van der Waals surface area contributed by atoms with Gasteiger partial charge in [0.1, 0.15) is 11.6 Å². The largest absolute Gasteiger partial charge is 0.484 e. The van der Waals surface area contributed by atoms with Crippen LogP contribution in [0.4, 0.5) is 4.39 Å². The van der Waals surface area contributed by atoms with Gasteiger partial charge in [0.25, 0.3) is 5.91 Å². The van der Waals surface area contributed by atoms with Crippen molar-refractivity contribution in [3.8, 4) is 5.75 Å². The Morgan fingerprint density at radius 3 is 2.76 bits per heavy atom. The molecule has 1 aromatic carbocycles. The van der Waals surface area contributed by atoms with Gasteiger partial charge in [-0.25, -0.2) is 4.39 Å². The average Bonchev–Trinajstić information content (AvgIpc) is 2.35. The number of hydrogen-bond donors (Lipinski definition) is 1. The Morgan fingerprint density at radius 2 is 2.24 bits per heavy atom. The molecule has 4 nitrogen and oxygen atoms in total. The molecule has 0 fully saturated rings. The van der Waals surface area contributed by atoms with E-state index in [1.54, 1.807) is 19.2 Å². The Morgan fingerprint density at radius 1 is 1.53 bits per heavy atom. The van der Waals surface area contributed by atoms with Crippen LogP contribution in [-0.4, -0.2) is 31.0 Å². The van der Waals surface area contributed by atoms with E-state index in [-0.39, 0.29) is 19.1 Å². The minimum Gasteiger partial charge on any atom is -0.484 e. The molecule has 1 rings (SSSR count). The highest BCUT2D eigenvalue weighted by Crippen LogP contribution is 2.16. The van der Waals surface area contributed by atoms with Crippen LogP contribution in [0.2, 0.25) is 0 Å². The van der Waals surface area contributed by atoms with Gasteiger partial charge in [-0.2, -0.15) is 0 Å². The minimum atomic E-state index is -0.415. The fourth-order valence-electron chi connectivity index (χ4n) is 1.21. The van der Waals surface area contributed by atoms with Crippen LogP contribution in [-0.2, 0) is 11.3 Å². The van der Waals surface area contributed by atoms with Crippen LogP contribution in [0.5, 0.6) is 5.75 Å². The summed E-state index contributed by atoms with van der Waals surface area (Å²) in [6.45, 7) is 2.53. The number of nitrogens with zero attached hydrogens (tertiary/aromatic N) is 1. The Bertz CT molecular complexity index is 396. The van der Waals surface area contributed by atoms with E-state index in [1.165, 1.54) is 11.0 Å². The molecule has 1 aromatic rings. The number of rotatable bonds is 5. The zero-order valence-electron chi connectivity index (χ0n) is 10.1. The van der Waals surface area contributed by atoms with Crippen LogP contribution >= 0.6 is 0 Å². The molecule has 17 heavy (non-hydrogen) atoms. The summed E-state index contributed by atoms with van der Waals surface area (Å²) in [6.07, 6.45) is 0. The first-order chi connectivity index (χ1) is 8.08. The van der Waals surface area contributed by atoms with Crippen molar-refractivity contribution in [1.82, 2.24) is 4.90 Å². The molecule has 94 valence electrons. The van der Waals surface area contributed by atoms with Crippen LogP contribution in [0.25, 0.3) is 0 Å². The van der Waals surface area contributed by atoms with Gasteiger partial charge in [0, 0.05) is 31.8 Å². The fraction of sp³-hybridized carbons (Fsp3) is 0.417. The molecule has 0 saturated heterocycles. The standard InChI is InChI=1S/C12H17FN2O2/c1-3-15(2)12(16)8-17-10-5-4-9(7-14)11(13)6-10/h4-6H,3,7-8,14H2,1-2H3. The summed E-state index contributed by atoms with van der Waals surface area (Å²) in [5.41, 5.74) is 5.76. The molecule has 5 heteroatoms. The maximum absolute atomic E-state index is 13.3. The lowest BCUT2D eigenvalue weighted by Crippen LogP contribution is -2.31. The van der Waals surface area contributed by atoms with Crippen molar-refractivity contribution in [2.24, 2.45) is 5.73 Å². The van der Waals surface area contributed by atoms with E-state index in [4.69, 9.17) is 10.5 Å². The number of amides is 1. The van der Waals surface area contributed by atoms with Gasteiger partial charge in [-0.05, 0) is 13.0 Å². The van der Waals surface area contributed by atoms with Gasteiger partial charge in [-0.3, -0.25) is 4.79 Å². The predicted molar refractivity (Wildman–Crippen MR) is 63.1 cm³/mol. The Hall–Kier alpha value is -1.62. The number of carbonyl (C=O) groups excluding carboxylic acids is 1. The van der Waals surface area contributed by atoms with Gasteiger partial charge >= 0.3 is 0 Å². The van der Waals surface area contributed by atoms with Crippen LogP contribution in [0.15, 0.2) is 18.2 Å². The summed E-state index contributed by atoms with van der Waals surface area (Å²) < 4.78 is 18.5. The first-order valence-electron chi connectivity index (χ1n) is 5.43. The molecule has 2 N–H and O–H groups in total. The van der Waals surface area contributed by atoms with Gasteiger partial charge in [-0.15, -0.1) is 0 Å². The van der Waals surface area contributed by atoms with Crippen molar-refractivity contribution in [2.45, 2.75) is 13.5 Å². The minimum absolute atomic E-state index is 0.0915. The second-order valence-corrected chi connectivity index (χ2v) is 3.65. The summed E-state index contributed by atoms with van der Waals surface area (Å²) in [4.78, 5) is 13.0. The third-order valence-corrected chi connectivity index (χ3v) is 2.51. The number of nitrogens with two attached hydrogens (primary N) is 1. The highest BCUT2D eigenvalue weighted by Gasteiger charge is 2.08. The Balaban J connectivity index is 2.58. The van der Waals surface area contributed by atoms with Crippen LogP contribution < -0.4 is 10.5 Å². The molecule has 0 aliphatic rings. The van der Waals surface area contributed by atoms with Gasteiger partial charge in [0.2, 0.25) is 0 Å². The molecular formula is C12H17FN2O2. The quantitative estimate of drug-likeness (QED) is 0.839. The van der Waals surface area contributed by atoms with Gasteiger partial charge in [0.05, 0.1) is 0 Å². The third-order valence-electron chi connectivity index (χ3n) is 2.51. The van der Waals surface area contributed by atoms with Gasteiger partial charge in [-0.1, -0.05) is 6.07 Å². The summed E-state index contributed by atoms with van der Waals surface area (Å²) in [5.74, 6) is -0.227. The molecule has 0 atom stereocenters. The SMILES string of the molecule is CCN(C)C(=O)COc1ccc(CN)c(F)c1. The average molecular weight is 240 g/mol. The molecule has 0 aromatic heterocycles. The maximum Gasteiger partial charge on any atom is 0.260 e. The van der Waals surface area contributed by atoms with E-state index in [9.17, 15) is 9.18 Å². The summed E-state index contributed by atoms with van der Waals surface area (Å²) >= 11 is 0. The third kappa shape index (κ3) is 3.71. The lowest BCUT2D eigenvalue weighted by Gasteiger charge is -2.15. The second kappa shape index (κ2) is 6.20. The van der Waals surface area contributed by atoms with E-state index >= 15 is 0 Å². The highest BCUT2D eigenvalue weighted by molar-refractivity contribution is 5.77. The molecule has 0 radical (unpaired) electrons. The van der Waals surface area contributed by atoms with Crippen LogP contribution in [0.3, 0.4) is 0 Å². The zero-order valence-corrected chi connectivity index (χ0v) is 10.1. The Kier molecular flexibility index (Phi) is 4.90. The van der Waals surface area contributed by atoms with Crippen molar-refractivity contribution < 1.29 is 13.9 Å². The van der Waals surface area contributed by atoms with Crippen LogP contribution in [0.1, 0.15) is 12.5 Å². The predicted octanol–water partition coefficient (Wildman–Crippen LogP) is 1.14. The summed E-state index contributed by atoms with van der Waals surface area (Å²) in [5, 5.41) is 0. The number of hydrogen-bond acceptors (Lipinski definition) is 3. The molecule has 0 spiro atoms. The van der Waals surface area contributed by atoms with E-state index in [0.29, 0.717) is 17.9 Å². The highest BCUT2D eigenvalue weighted by atomic mass is 19.1. The molecule has 0 bridgehead atoms. The maximum atomic E-state index is 13.3. The number of likely N-dealkylation sites (N-methyl/N-ethyl adjacent to an activating group) is 1. The molecule has 0 saturated carbocycles. The smallest absolute Gasteiger partial charge is 0.260 e. The zero-order chi connectivity index (χ0) is 12.8. The number of ether oxygens (including phenoxy) is 1. The molecule has 0 unspecified atom stereocenters. The summed E-state index contributed by atoms with van der Waals surface area (Å²) in [6, 6.07) is 4.39. The molecule has 0 heterocycles. The molecule has 0 aliphatic heterocycles. The lowest BCUT2D eigenvalue weighted by atomic mass is 10.2. The van der Waals surface area contributed by atoms with Crippen LogP contribution in [0, 0.1) is 5.82 Å². The van der Waals surface area contributed by atoms with E-state index in [0.717, 1.165) is 0 Å². The second-order valence-electron chi connectivity index (χ2n) is 3.65. The number of benzene rings is 1. The lowest BCUT2D eigenvalue weighted by molar-refractivity contribution is -0.131. The van der Waals surface area contributed by atoms with E-state index < -0.39 is 5.82 Å². The topological polar surface area (TPSA) is 55.6 Å². The molecule has 1 amide bonds. The van der Waals surface area contributed by atoms with E-state index in [1.807, 2.05) is 6.92 Å². The molecule has 0 aliphatic carbocycles. The Labute approximate surface area is 100 Å². The van der Waals surface area contributed by atoms with Crippen molar-refractivity contribution >= 4 is 5.91 Å².